The predicted molar refractivity (Wildman–Crippen MR) is 72.0 cm³/mol. The molecule has 0 fully saturated rings. The van der Waals surface area contributed by atoms with E-state index < -0.39 is 10.0 Å². The molecule has 7 nitrogen and oxygen atoms in total. The number of pyridine rings is 1. The molecule has 104 valence electrons. The van der Waals surface area contributed by atoms with E-state index in [1.807, 2.05) is 0 Å². The first-order valence-electron chi connectivity index (χ1n) is 5.87. The Morgan fingerprint density at radius 2 is 2.10 bits per heavy atom. The van der Waals surface area contributed by atoms with Crippen LogP contribution in [0.15, 0.2) is 39.8 Å². The van der Waals surface area contributed by atoms with Crippen LogP contribution in [-0.4, -0.2) is 23.0 Å². The van der Waals surface area contributed by atoms with E-state index in [-0.39, 0.29) is 10.8 Å². The Bertz CT molecular complexity index is 846. The van der Waals surface area contributed by atoms with E-state index in [4.69, 9.17) is 4.42 Å². The van der Waals surface area contributed by atoms with E-state index in [1.165, 1.54) is 10.6 Å². The molecule has 3 rings (SSSR count). The van der Waals surface area contributed by atoms with Gasteiger partial charge < -0.3 is 4.42 Å². The zero-order valence-corrected chi connectivity index (χ0v) is 11.7. The number of aryl methyl sites for hydroxylation is 2. The van der Waals surface area contributed by atoms with E-state index in [1.54, 1.807) is 38.2 Å². The first-order chi connectivity index (χ1) is 9.45. The minimum absolute atomic E-state index is 0.0226. The number of hydrogen-bond acceptors (Lipinski definition) is 5. The van der Waals surface area contributed by atoms with Crippen LogP contribution in [0.2, 0.25) is 0 Å². The molecule has 0 saturated carbocycles. The quantitative estimate of drug-likeness (QED) is 0.794. The number of sulfonamides is 1. The first-order valence-corrected chi connectivity index (χ1v) is 7.35. The monoisotopic (exact) mass is 292 g/mol. The van der Waals surface area contributed by atoms with E-state index in [0.717, 1.165) is 0 Å². The lowest BCUT2D eigenvalue weighted by molar-refractivity contribution is 0.496. The highest BCUT2D eigenvalue weighted by Crippen LogP contribution is 2.21. The average molecular weight is 292 g/mol. The molecule has 0 spiro atoms. The van der Waals surface area contributed by atoms with Crippen LogP contribution >= 0.6 is 0 Å². The highest BCUT2D eigenvalue weighted by atomic mass is 32.2. The fraction of sp³-hybridized carbons (Fsp3) is 0.167. The summed E-state index contributed by atoms with van der Waals surface area (Å²) in [6.45, 7) is 3.29. The lowest BCUT2D eigenvalue weighted by Gasteiger charge is -2.01. The van der Waals surface area contributed by atoms with Gasteiger partial charge in [-0.3, -0.25) is 0 Å². The molecule has 0 amide bonds. The molecule has 0 atom stereocenters. The zero-order valence-electron chi connectivity index (χ0n) is 10.9. The van der Waals surface area contributed by atoms with Crippen molar-refractivity contribution in [3.63, 3.8) is 0 Å². The Kier molecular flexibility index (Phi) is 2.75. The van der Waals surface area contributed by atoms with Crippen molar-refractivity contribution in [3.8, 4) is 0 Å². The first kappa shape index (κ1) is 12.7. The minimum Gasteiger partial charge on any atom is -0.465 e. The topological polar surface area (TPSA) is 89.5 Å². The van der Waals surface area contributed by atoms with E-state index in [2.05, 4.69) is 14.8 Å². The van der Waals surface area contributed by atoms with Gasteiger partial charge in [0.15, 0.2) is 5.65 Å². The SMILES string of the molecule is Cc1cc(S(=O)(=O)Nc2nc3ccccn3n2)c(C)o1. The maximum atomic E-state index is 12.3. The molecule has 0 saturated heterocycles. The van der Waals surface area contributed by atoms with Gasteiger partial charge in [-0.05, 0) is 26.0 Å². The van der Waals surface area contributed by atoms with Crippen molar-refractivity contribution in [1.82, 2.24) is 14.6 Å². The largest absolute Gasteiger partial charge is 0.465 e. The van der Waals surface area contributed by atoms with Crippen molar-refractivity contribution in [2.45, 2.75) is 18.7 Å². The maximum Gasteiger partial charge on any atom is 0.267 e. The minimum atomic E-state index is -3.75. The summed E-state index contributed by atoms with van der Waals surface area (Å²) in [6.07, 6.45) is 1.69. The zero-order chi connectivity index (χ0) is 14.3. The van der Waals surface area contributed by atoms with Crippen LogP contribution in [0.1, 0.15) is 11.5 Å². The highest BCUT2D eigenvalue weighted by Gasteiger charge is 2.22. The average Bonchev–Trinajstić information content (AvgIpc) is 2.91. The number of fused-ring (bicyclic) bond motifs is 1. The number of hydrogen-bond donors (Lipinski definition) is 1. The second kappa shape index (κ2) is 4.34. The van der Waals surface area contributed by atoms with Gasteiger partial charge in [-0.1, -0.05) is 6.07 Å². The number of rotatable bonds is 3. The van der Waals surface area contributed by atoms with Gasteiger partial charge in [0.2, 0.25) is 0 Å². The summed E-state index contributed by atoms with van der Waals surface area (Å²) in [4.78, 5) is 4.18. The molecule has 0 unspecified atom stereocenters. The summed E-state index contributed by atoms with van der Waals surface area (Å²) in [7, 11) is -3.75. The van der Waals surface area contributed by atoms with E-state index in [9.17, 15) is 8.42 Å². The van der Waals surface area contributed by atoms with Crippen molar-refractivity contribution in [3.05, 3.63) is 42.0 Å². The molecule has 3 heterocycles. The third-order valence-electron chi connectivity index (χ3n) is 2.75. The van der Waals surface area contributed by atoms with Crippen molar-refractivity contribution < 1.29 is 12.8 Å². The van der Waals surface area contributed by atoms with Crippen LogP contribution in [-0.2, 0) is 10.0 Å². The molecule has 0 aliphatic carbocycles. The highest BCUT2D eigenvalue weighted by molar-refractivity contribution is 7.92. The van der Waals surface area contributed by atoms with Crippen molar-refractivity contribution >= 4 is 21.6 Å². The standard InChI is InChI=1S/C12H12N4O3S/c1-8-7-10(9(2)19-8)20(17,18)15-12-13-11-5-3-4-6-16(11)14-12/h3-7H,1-2H3,(H,14,15). The van der Waals surface area contributed by atoms with Gasteiger partial charge in [0, 0.05) is 12.3 Å². The Morgan fingerprint density at radius 3 is 2.75 bits per heavy atom. The molecule has 8 heteroatoms. The molecule has 0 aromatic carbocycles. The summed E-state index contributed by atoms with van der Waals surface area (Å²) in [5.41, 5.74) is 0.560. The number of nitrogens with zero attached hydrogens (tertiary/aromatic N) is 3. The fourth-order valence-electron chi connectivity index (χ4n) is 1.92. The normalized spacial score (nSPS) is 11.9. The molecule has 0 bridgehead atoms. The van der Waals surface area contributed by atoms with Crippen LogP contribution in [0, 0.1) is 13.8 Å². The Labute approximate surface area is 115 Å². The van der Waals surface area contributed by atoms with Crippen LogP contribution in [0.5, 0.6) is 0 Å². The van der Waals surface area contributed by atoms with Gasteiger partial charge in [-0.15, -0.1) is 5.10 Å². The van der Waals surface area contributed by atoms with E-state index in [0.29, 0.717) is 17.2 Å². The molecule has 3 aromatic heterocycles. The maximum absolute atomic E-state index is 12.3. The summed E-state index contributed by atoms with van der Waals surface area (Å²) < 4.78 is 33.6. The number of nitrogens with one attached hydrogen (secondary N) is 1. The molecule has 0 radical (unpaired) electrons. The molecular weight excluding hydrogens is 280 g/mol. The molecule has 1 N–H and O–H groups in total. The number of anilines is 1. The Balaban J connectivity index is 1.99. The third kappa shape index (κ3) is 2.14. The summed E-state index contributed by atoms with van der Waals surface area (Å²) in [5.74, 6) is 0.888. The van der Waals surface area contributed by atoms with Gasteiger partial charge in [0.1, 0.15) is 16.4 Å². The van der Waals surface area contributed by atoms with Crippen molar-refractivity contribution in [2.24, 2.45) is 0 Å². The van der Waals surface area contributed by atoms with Gasteiger partial charge in [-0.25, -0.2) is 17.7 Å². The Morgan fingerprint density at radius 1 is 1.30 bits per heavy atom. The smallest absolute Gasteiger partial charge is 0.267 e. The lowest BCUT2D eigenvalue weighted by Crippen LogP contribution is -2.14. The van der Waals surface area contributed by atoms with Gasteiger partial charge in [0.25, 0.3) is 16.0 Å². The van der Waals surface area contributed by atoms with Crippen LogP contribution < -0.4 is 4.72 Å². The van der Waals surface area contributed by atoms with Gasteiger partial charge in [0.05, 0.1) is 0 Å². The summed E-state index contributed by atoms with van der Waals surface area (Å²) >= 11 is 0. The fourth-order valence-corrected chi connectivity index (χ4v) is 3.10. The number of furan rings is 1. The van der Waals surface area contributed by atoms with Crippen LogP contribution in [0.25, 0.3) is 5.65 Å². The van der Waals surface area contributed by atoms with Crippen LogP contribution in [0.3, 0.4) is 0 Å². The predicted octanol–water partition coefficient (Wildman–Crippen LogP) is 1.74. The van der Waals surface area contributed by atoms with Gasteiger partial charge >= 0.3 is 0 Å². The molecule has 0 aliphatic rings. The van der Waals surface area contributed by atoms with E-state index >= 15 is 0 Å². The summed E-state index contributed by atoms with van der Waals surface area (Å²) in [6, 6.07) is 6.78. The molecule has 20 heavy (non-hydrogen) atoms. The lowest BCUT2D eigenvalue weighted by atomic mass is 10.4. The second-order valence-corrected chi connectivity index (χ2v) is 5.97. The summed E-state index contributed by atoms with van der Waals surface area (Å²) in [5, 5.41) is 4.04. The Hall–Kier alpha value is -2.35. The number of aromatic nitrogens is 3. The second-order valence-electron chi connectivity index (χ2n) is 4.32. The van der Waals surface area contributed by atoms with Crippen molar-refractivity contribution in [2.75, 3.05) is 4.72 Å². The molecule has 0 aliphatic heterocycles. The molecular formula is C12H12N4O3S. The third-order valence-corrected chi connectivity index (χ3v) is 4.19. The molecule has 3 aromatic rings. The van der Waals surface area contributed by atoms with Crippen molar-refractivity contribution in [1.29, 1.82) is 0 Å². The van der Waals surface area contributed by atoms with Gasteiger partial charge in [-0.2, -0.15) is 4.98 Å². The van der Waals surface area contributed by atoms with Crippen LogP contribution in [0.4, 0.5) is 5.95 Å².